The number of carbonyl (C=O) groups is 2. The first-order valence-electron chi connectivity index (χ1n) is 7.86. The number of nitrogens with zero attached hydrogens (tertiary/aromatic N) is 1. The Balaban J connectivity index is 2.19. The van der Waals surface area contributed by atoms with Gasteiger partial charge in [-0.25, -0.2) is 0 Å². The molecule has 0 spiro atoms. The van der Waals surface area contributed by atoms with E-state index in [0.717, 1.165) is 5.75 Å². The smallest absolute Gasteiger partial charge is 0.246 e. The minimum absolute atomic E-state index is 0.0430. The van der Waals surface area contributed by atoms with E-state index < -0.39 is 5.54 Å². The molecule has 1 aliphatic heterocycles. The van der Waals surface area contributed by atoms with Gasteiger partial charge in [0.25, 0.3) is 0 Å². The summed E-state index contributed by atoms with van der Waals surface area (Å²) in [6.07, 6.45) is 0.860. The number of methoxy groups -OCH3 is 1. The molecule has 23 heavy (non-hydrogen) atoms. The van der Waals surface area contributed by atoms with Crippen molar-refractivity contribution in [1.29, 1.82) is 0 Å². The molecule has 0 unspecified atom stereocenters. The number of nitrogens with one attached hydrogen (secondary N) is 1. The van der Waals surface area contributed by atoms with Gasteiger partial charge in [-0.2, -0.15) is 0 Å². The highest BCUT2D eigenvalue weighted by Gasteiger charge is 2.47. The van der Waals surface area contributed by atoms with Crippen molar-refractivity contribution >= 4 is 17.5 Å². The van der Waals surface area contributed by atoms with E-state index >= 15 is 0 Å². The summed E-state index contributed by atoms with van der Waals surface area (Å²) in [6.45, 7) is 5.17. The van der Waals surface area contributed by atoms with Crippen LogP contribution in [0, 0.1) is 0 Å². The molecule has 6 nitrogen and oxygen atoms in total. The molecule has 0 bridgehead atoms. The lowest BCUT2D eigenvalue weighted by Gasteiger charge is -2.34. The Morgan fingerprint density at radius 1 is 1.35 bits per heavy atom. The predicted molar refractivity (Wildman–Crippen MR) is 87.6 cm³/mol. The van der Waals surface area contributed by atoms with Crippen molar-refractivity contribution in [2.75, 3.05) is 31.8 Å². The van der Waals surface area contributed by atoms with Crippen LogP contribution in [0.15, 0.2) is 24.3 Å². The minimum atomic E-state index is -0.877. The third kappa shape index (κ3) is 3.64. The number of rotatable bonds is 7. The van der Waals surface area contributed by atoms with Gasteiger partial charge in [-0.1, -0.05) is 0 Å². The first-order chi connectivity index (χ1) is 11.0. The fourth-order valence-corrected chi connectivity index (χ4v) is 2.81. The largest absolute Gasteiger partial charge is 0.494 e. The molecule has 6 heteroatoms. The van der Waals surface area contributed by atoms with Gasteiger partial charge in [0.15, 0.2) is 0 Å². The number of carbonyl (C=O) groups excluding carboxylic acids is 2. The second kappa shape index (κ2) is 7.46. The minimum Gasteiger partial charge on any atom is -0.494 e. The molecule has 0 aromatic heterocycles. The molecule has 0 saturated carbocycles. The molecule has 2 rings (SSSR count). The fourth-order valence-electron chi connectivity index (χ4n) is 2.81. The second-order valence-corrected chi connectivity index (χ2v) is 5.68. The topological polar surface area (TPSA) is 67.9 Å². The van der Waals surface area contributed by atoms with Gasteiger partial charge in [0.1, 0.15) is 11.3 Å². The first kappa shape index (κ1) is 17.3. The van der Waals surface area contributed by atoms with E-state index in [2.05, 4.69) is 5.32 Å². The molecular formula is C17H24N2O4. The Morgan fingerprint density at radius 3 is 2.65 bits per heavy atom. The van der Waals surface area contributed by atoms with E-state index in [1.165, 1.54) is 0 Å². The molecule has 0 aliphatic carbocycles. The summed E-state index contributed by atoms with van der Waals surface area (Å²) in [5, 5.41) is 2.84. The summed E-state index contributed by atoms with van der Waals surface area (Å²) < 4.78 is 10.4. The van der Waals surface area contributed by atoms with Crippen molar-refractivity contribution in [2.24, 2.45) is 0 Å². The lowest BCUT2D eigenvalue weighted by molar-refractivity contribution is -0.127. The maximum Gasteiger partial charge on any atom is 0.246 e. The lowest BCUT2D eigenvalue weighted by atomic mass is 9.97. The van der Waals surface area contributed by atoms with Crippen LogP contribution in [0.1, 0.15) is 26.7 Å². The van der Waals surface area contributed by atoms with E-state index in [1.807, 2.05) is 31.2 Å². The molecule has 0 radical (unpaired) electrons. The van der Waals surface area contributed by atoms with Crippen molar-refractivity contribution in [1.82, 2.24) is 5.32 Å². The highest BCUT2D eigenvalue weighted by molar-refractivity contribution is 6.06. The molecule has 1 heterocycles. The molecule has 1 aliphatic rings. The van der Waals surface area contributed by atoms with Crippen molar-refractivity contribution in [3.8, 4) is 5.75 Å². The summed E-state index contributed by atoms with van der Waals surface area (Å²) in [5.74, 6) is 0.544. The van der Waals surface area contributed by atoms with Crippen LogP contribution in [-0.4, -0.2) is 44.2 Å². The van der Waals surface area contributed by atoms with Crippen LogP contribution in [0.3, 0.4) is 0 Å². The molecule has 1 atom stereocenters. The van der Waals surface area contributed by atoms with Crippen LogP contribution >= 0.6 is 0 Å². The molecule has 1 N–H and O–H groups in total. The maximum atomic E-state index is 12.6. The van der Waals surface area contributed by atoms with E-state index in [1.54, 1.807) is 18.9 Å². The Bertz CT molecular complexity index is 558. The summed E-state index contributed by atoms with van der Waals surface area (Å²) >= 11 is 0. The Labute approximate surface area is 136 Å². The predicted octanol–water partition coefficient (Wildman–Crippen LogP) is 1.73. The molecule has 126 valence electrons. The fraction of sp³-hybridized carbons (Fsp3) is 0.529. The monoisotopic (exact) mass is 320 g/mol. The highest BCUT2D eigenvalue weighted by Crippen LogP contribution is 2.35. The zero-order valence-electron chi connectivity index (χ0n) is 13.9. The van der Waals surface area contributed by atoms with Gasteiger partial charge in [0.2, 0.25) is 11.8 Å². The number of anilines is 1. The van der Waals surface area contributed by atoms with Crippen LogP contribution in [0.2, 0.25) is 0 Å². The van der Waals surface area contributed by atoms with Crippen LogP contribution in [-0.2, 0) is 14.3 Å². The van der Waals surface area contributed by atoms with Crippen molar-refractivity contribution in [3.05, 3.63) is 24.3 Å². The molecule has 1 saturated heterocycles. The number of hydrogen-bond donors (Lipinski definition) is 1. The SMILES string of the molecule is CCOc1ccc(N2C(=O)CC[C@]2(C)C(=O)NCCOC)cc1. The van der Waals surface area contributed by atoms with E-state index in [9.17, 15) is 9.59 Å². The summed E-state index contributed by atoms with van der Waals surface area (Å²) in [6, 6.07) is 7.26. The molecule has 1 aromatic carbocycles. The molecule has 1 aromatic rings. The molecule has 2 amide bonds. The Kier molecular flexibility index (Phi) is 5.60. The van der Waals surface area contributed by atoms with Crippen molar-refractivity contribution < 1.29 is 19.1 Å². The zero-order chi connectivity index (χ0) is 16.9. The Hall–Kier alpha value is -2.08. The van der Waals surface area contributed by atoms with E-state index in [4.69, 9.17) is 9.47 Å². The number of ether oxygens (including phenoxy) is 2. The quantitative estimate of drug-likeness (QED) is 0.777. The highest BCUT2D eigenvalue weighted by atomic mass is 16.5. The lowest BCUT2D eigenvalue weighted by Crippen LogP contribution is -2.55. The van der Waals surface area contributed by atoms with E-state index in [0.29, 0.717) is 38.3 Å². The number of benzene rings is 1. The molecule has 1 fully saturated rings. The zero-order valence-corrected chi connectivity index (χ0v) is 13.9. The standard InChI is InChI=1S/C17H24N2O4/c1-4-23-14-7-5-13(6-8-14)19-15(20)9-10-17(19,2)16(21)18-11-12-22-3/h5-8H,4,9-12H2,1-3H3,(H,18,21)/t17-/m1/s1. The van der Waals surface area contributed by atoms with Crippen LogP contribution in [0.5, 0.6) is 5.75 Å². The van der Waals surface area contributed by atoms with Gasteiger partial charge in [-0.05, 0) is 44.5 Å². The van der Waals surface area contributed by atoms with Crippen LogP contribution in [0.25, 0.3) is 0 Å². The van der Waals surface area contributed by atoms with Gasteiger partial charge in [-0.3, -0.25) is 14.5 Å². The van der Waals surface area contributed by atoms with Crippen molar-refractivity contribution in [2.45, 2.75) is 32.2 Å². The summed E-state index contributed by atoms with van der Waals surface area (Å²) in [7, 11) is 1.58. The van der Waals surface area contributed by atoms with Crippen LogP contribution < -0.4 is 15.0 Å². The average molecular weight is 320 g/mol. The third-order valence-electron chi connectivity index (χ3n) is 4.06. The number of hydrogen-bond acceptors (Lipinski definition) is 4. The summed E-state index contributed by atoms with van der Waals surface area (Å²) in [4.78, 5) is 26.5. The van der Waals surface area contributed by atoms with Gasteiger partial charge in [0.05, 0.1) is 13.2 Å². The van der Waals surface area contributed by atoms with E-state index in [-0.39, 0.29) is 11.8 Å². The normalized spacial score (nSPS) is 20.7. The van der Waals surface area contributed by atoms with Crippen LogP contribution in [0.4, 0.5) is 5.69 Å². The van der Waals surface area contributed by atoms with Gasteiger partial charge >= 0.3 is 0 Å². The average Bonchev–Trinajstić information content (AvgIpc) is 2.85. The maximum absolute atomic E-state index is 12.6. The van der Waals surface area contributed by atoms with Gasteiger partial charge < -0.3 is 14.8 Å². The van der Waals surface area contributed by atoms with Crippen molar-refractivity contribution in [3.63, 3.8) is 0 Å². The first-order valence-corrected chi connectivity index (χ1v) is 7.86. The Morgan fingerprint density at radius 2 is 2.04 bits per heavy atom. The summed E-state index contributed by atoms with van der Waals surface area (Å²) in [5.41, 5.74) is -0.168. The molecular weight excluding hydrogens is 296 g/mol. The third-order valence-corrected chi connectivity index (χ3v) is 4.06. The van der Waals surface area contributed by atoms with Gasteiger partial charge in [-0.15, -0.1) is 0 Å². The number of amides is 2. The van der Waals surface area contributed by atoms with Gasteiger partial charge in [0, 0.05) is 25.8 Å². The second-order valence-electron chi connectivity index (χ2n) is 5.68.